The van der Waals surface area contributed by atoms with Gasteiger partial charge in [-0.25, -0.2) is 4.79 Å². The predicted octanol–water partition coefficient (Wildman–Crippen LogP) is 2.11. The second-order valence-electron chi connectivity index (χ2n) is 6.61. The predicted molar refractivity (Wildman–Crippen MR) is 110 cm³/mol. The number of esters is 1. The van der Waals surface area contributed by atoms with Crippen LogP contribution in [-0.2, 0) is 16.1 Å². The van der Waals surface area contributed by atoms with Gasteiger partial charge in [0.1, 0.15) is 6.54 Å². The zero-order valence-electron chi connectivity index (χ0n) is 15.8. The molecule has 0 saturated carbocycles. The minimum atomic E-state index is -0.765. The first-order valence-corrected chi connectivity index (χ1v) is 9.17. The van der Waals surface area contributed by atoms with E-state index in [0.29, 0.717) is 11.3 Å². The molecule has 2 aromatic heterocycles. The van der Waals surface area contributed by atoms with Crippen molar-refractivity contribution >= 4 is 22.7 Å². The summed E-state index contributed by atoms with van der Waals surface area (Å²) in [5.41, 5.74) is 1.43. The van der Waals surface area contributed by atoms with E-state index in [2.05, 4.69) is 9.97 Å². The molecular formula is C22H17N3O5. The Morgan fingerprint density at radius 3 is 2.40 bits per heavy atom. The first-order chi connectivity index (χ1) is 14.5. The summed E-state index contributed by atoms with van der Waals surface area (Å²) in [5, 5.41) is 0.731. The number of carbonyl (C=O) groups excluding carboxylic acids is 2. The lowest BCUT2D eigenvalue weighted by molar-refractivity contribution is -0.143. The van der Waals surface area contributed by atoms with Crippen molar-refractivity contribution in [2.24, 2.45) is 0 Å². The molecule has 2 aromatic carbocycles. The minimum Gasteiger partial charge on any atom is -0.456 e. The van der Waals surface area contributed by atoms with Gasteiger partial charge in [-0.2, -0.15) is 0 Å². The number of nitrogens with one attached hydrogen (secondary N) is 2. The molecular weight excluding hydrogens is 386 g/mol. The molecule has 8 nitrogen and oxygen atoms in total. The molecule has 0 aliphatic heterocycles. The molecule has 2 N–H and O–H groups in total. The van der Waals surface area contributed by atoms with Gasteiger partial charge in [0.05, 0.1) is 11.3 Å². The molecule has 0 unspecified atom stereocenters. The van der Waals surface area contributed by atoms with Crippen molar-refractivity contribution in [2.45, 2.75) is 6.54 Å². The number of rotatable bonds is 6. The van der Waals surface area contributed by atoms with Gasteiger partial charge in [-0.15, -0.1) is 0 Å². The Kier molecular flexibility index (Phi) is 5.13. The van der Waals surface area contributed by atoms with E-state index < -0.39 is 30.4 Å². The standard InChI is InChI=1S/C22H17N3O5/c26-17(13-30-19(28)12-25-11-10-18(27)24-22(25)29)20-15-8-4-5-9-16(15)23-21(20)14-6-2-1-3-7-14/h1-11,23H,12-13H2,(H,24,27,29). The zero-order chi connectivity index (χ0) is 21.1. The maximum Gasteiger partial charge on any atom is 0.328 e. The maximum absolute atomic E-state index is 13.0. The smallest absolute Gasteiger partial charge is 0.328 e. The number of benzene rings is 2. The van der Waals surface area contributed by atoms with Crippen molar-refractivity contribution in [1.82, 2.24) is 14.5 Å². The third kappa shape index (κ3) is 3.83. The number of hydrogen-bond acceptors (Lipinski definition) is 5. The van der Waals surface area contributed by atoms with Gasteiger partial charge < -0.3 is 9.72 Å². The van der Waals surface area contributed by atoms with E-state index in [1.807, 2.05) is 54.6 Å². The Morgan fingerprint density at radius 1 is 0.900 bits per heavy atom. The molecule has 0 spiro atoms. The highest BCUT2D eigenvalue weighted by Gasteiger charge is 2.21. The van der Waals surface area contributed by atoms with Crippen molar-refractivity contribution in [1.29, 1.82) is 0 Å². The number of aromatic amines is 2. The number of nitrogens with zero attached hydrogens (tertiary/aromatic N) is 1. The fourth-order valence-electron chi connectivity index (χ4n) is 3.22. The molecule has 150 valence electrons. The largest absolute Gasteiger partial charge is 0.456 e. The van der Waals surface area contributed by atoms with Crippen LogP contribution in [-0.4, -0.2) is 32.9 Å². The van der Waals surface area contributed by atoms with Gasteiger partial charge >= 0.3 is 11.7 Å². The molecule has 8 heteroatoms. The first kappa shape index (κ1) is 19.1. The summed E-state index contributed by atoms with van der Waals surface area (Å²) >= 11 is 0. The van der Waals surface area contributed by atoms with E-state index in [1.165, 1.54) is 6.20 Å². The average Bonchev–Trinajstić information content (AvgIpc) is 3.14. The topological polar surface area (TPSA) is 114 Å². The monoisotopic (exact) mass is 403 g/mol. The molecule has 0 amide bonds. The lowest BCUT2D eigenvalue weighted by atomic mass is 10.0. The third-order valence-corrected chi connectivity index (χ3v) is 4.61. The van der Waals surface area contributed by atoms with Crippen molar-refractivity contribution in [3.05, 3.63) is 93.3 Å². The number of ether oxygens (including phenoxy) is 1. The zero-order valence-corrected chi connectivity index (χ0v) is 15.8. The molecule has 0 aliphatic carbocycles. The van der Waals surface area contributed by atoms with Crippen LogP contribution in [0.3, 0.4) is 0 Å². The highest BCUT2D eigenvalue weighted by Crippen LogP contribution is 2.30. The van der Waals surface area contributed by atoms with Crippen molar-refractivity contribution in [3.63, 3.8) is 0 Å². The van der Waals surface area contributed by atoms with Crippen molar-refractivity contribution in [3.8, 4) is 11.3 Å². The van der Waals surface area contributed by atoms with Gasteiger partial charge in [-0.1, -0.05) is 48.5 Å². The van der Waals surface area contributed by atoms with Crippen LogP contribution in [0.4, 0.5) is 0 Å². The number of H-pyrrole nitrogens is 2. The van der Waals surface area contributed by atoms with E-state index in [9.17, 15) is 19.2 Å². The van der Waals surface area contributed by atoms with Gasteiger partial charge in [-0.3, -0.25) is 23.9 Å². The average molecular weight is 403 g/mol. The molecule has 0 fully saturated rings. The number of Topliss-reactive ketones (excluding diaryl/α,β-unsaturated/α-hetero) is 1. The molecule has 4 aromatic rings. The Bertz CT molecular complexity index is 1350. The Hall–Kier alpha value is -4.20. The summed E-state index contributed by atoms with van der Waals surface area (Å²) in [7, 11) is 0. The number of hydrogen-bond donors (Lipinski definition) is 2. The quantitative estimate of drug-likeness (QED) is 0.378. The normalized spacial score (nSPS) is 10.8. The molecule has 30 heavy (non-hydrogen) atoms. The first-order valence-electron chi connectivity index (χ1n) is 9.17. The molecule has 0 aliphatic rings. The van der Waals surface area contributed by atoms with E-state index in [1.54, 1.807) is 0 Å². The van der Waals surface area contributed by atoms with Crippen molar-refractivity contribution < 1.29 is 14.3 Å². The maximum atomic E-state index is 13.0. The molecule has 0 bridgehead atoms. The summed E-state index contributed by atoms with van der Waals surface area (Å²) in [4.78, 5) is 53.2. The van der Waals surface area contributed by atoms with Gasteiger partial charge in [0, 0.05) is 23.2 Å². The fraction of sp³-hybridized carbons (Fsp3) is 0.0909. The second kappa shape index (κ2) is 8.04. The Balaban J connectivity index is 1.57. The van der Waals surface area contributed by atoms with Crippen molar-refractivity contribution in [2.75, 3.05) is 6.61 Å². The highest BCUT2D eigenvalue weighted by atomic mass is 16.5. The van der Waals surface area contributed by atoms with Crippen LogP contribution in [0.2, 0.25) is 0 Å². The number of ketones is 1. The van der Waals surface area contributed by atoms with E-state index >= 15 is 0 Å². The van der Waals surface area contributed by atoms with Gasteiger partial charge in [0.25, 0.3) is 5.56 Å². The summed E-state index contributed by atoms with van der Waals surface area (Å²) in [5.74, 6) is -1.13. The highest BCUT2D eigenvalue weighted by molar-refractivity contribution is 6.14. The van der Waals surface area contributed by atoms with Crippen LogP contribution < -0.4 is 11.2 Å². The lowest BCUT2D eigenvalue weighted by Crippen LogP contribution is -2.31. The molecule has 0 atom stereocenters. The Morgan fingerprint density at radius 2 is 1.63 bits per heavy atom. The SMILES string of the molecule is O=C(Cn1ccc(=O)[nH]c1=O)OCC(=O)c1c(-c2ccccc2)[nH]c2ccccc12. The third-order valence-electron chi connectivity index (χ3n) is 4.61. The van der Waals surface area contributed by atoms with Crippen LogP contribution in [0.15, 0.2) is 76.4 Å². The van der Waals surface area contributed by atoms with Crippen LogP contribution in [0, 0.1) is 0 Å². The van der Waals surface area contributed by atoms with Gasteiger partial charge in [-0.05, 0) is 11.6 Å². The van der Waals surface area contributed by atoms with Crippen LogP contribution in [0.25, 0.3) is 22.2 Å². The summed E-state index contributed by atoms with van der Waals surface area (Å²) in [6.07, 6.45) is 1.19. The summed E-state index contributed by atoms with van der Waals surface area (Å²) in [6, 6.07) is 17.9. The summed E-state index contributed by atoms with van der Waals surface area (Å²) in [6.45, 7) is -0.888. The molecule has 0 radical (unpaired) electrons. The molecule has 4 rings (SSSR count). The number of fused-ring (bicyclic) bond motifs is 1. The van der Waals surface area contributed by atoms with Crippen LogP contribution in [0.5, 0.6) is 0 Å². The van der Waals surface area contributed by atoms with E-state index in [0.717, 1.165) is 27.1 Å². The van der Waals surface area contributed by atoms with Gasteiger partial charge in [0.2, 0.25) is 5.78 Å². The number of carbonyl (C=O) groups is 2. The van der Waals surface area contributed by atoms with Crippen LogP contribution in [0.1, 0.15) is 10.4 Å². The number of para-hydroxylation sites is 1. The lowest BCUT2D eigenvalue weighted by Gasteiger charge is -2.07. The fourth-order valence-corrected chi connectivity index (χ4v) is 3.22. The van der Waals surface area contributed by atoms with Crippen LogP contribution >= 0.6 is 0 Å². The molecule has 2 heterocycles. The second-order valence-corrected chi connectivity index (χ2v) is 6.61. The van der Waals surface area contributed by atoms with E-state index in [4.69, 9.17) is 4.74 Å². The Labute approximate surface area is 169 Å². The molecule has 0 saturated heterocycles. The minimum absolute atomic E-state index is 0.367. The number of aromatic nitrogens is 3. The van der Waals surface area contributed by atoms with Gasteiger partial charge in [0.15, 0.2) is 6.61 Å². The summed E-state index contributed by atoms with van der Waals surface area (Å²) < 4.78 is 6.10. The van der Waals surface area contributed by atoms with E-state index in [-0.39, 0.29) is 5.78 Å².